The summed E-state index contributed by atoms with van der Waals surface area (Å²) in [6.45, 7) is 4.18. The highest BCUT2D eigenvalue weighted by atomic mass is 16.3. The Kier molecular flexibility index (Phi) is 7.31. The lowest BCUT2D eigenvalue weighted by Gasteiger charge is -2.43. The van der Waals surface area contributed by atoms with Crippen molar-refractivity contribution in [3.8, 4) is 0 Å². The van der Waals surface area contributed by atoms with Crippen LogP contribution in [0.25, 0.3) is 0 Å². The van der Waals surface area contributed by atoms with E-state index >= 15 is 0 Å². The highest BCUT2D eigenvalue weighted by Crippen LogP contribution is 2.30. The number of aliphatic hydroxyl groups is 1. The van der Waals surface area contributed by atoms with E-state index in [0.717, 1.165) is 39.0 Å². The van der Waals surface area contributed by atoms with Gasteiger partial charge in [0, 0.05) is 25.0 Å². The van der Waals surface area contributed by atoms with E-state index < -0.39 is 0 Å². The minimum absolute atomic E-state index is 0.0780. The first-order chi connectivity index (χ1) is 11.0. The van der Waals surface area contributed by atoms with E-state index in [2.05, 4.69) is 15.1 Å². The lowest BCUT2D eigenvalue weighted by atomic mass is 9.80. The largest absolute Gasteiger partial charge is 0.396 e. The van der Waals surface area contributed by atoms with Crippen LogP contribution < -0.4 is 5.32 Å². The summed E-state index contributed by atoms with van der Waals surface area (Å²) >= 11 is 0. The maximum absolute atomic E-state index is 12.2. The number of rotatable bonds is 7. The average molecular weight is 325 g/mol. The molecule has 1 atom stereocenters. The van der Waals surface area contributed by atoms with Gasteiger partial charge in [-0.15, -0.1) is 0 Å². The molecule has 1 aliphatic carbocycles. The molecule has 1 heterocycles. The van der Waals surface area contributed by atoms with Crippen LogP contribution in [-0.4, -0.2) is 74.2 Å². The molecule has 1 saturated carbocycles. The molecule has 1 unspecified atom stereocenters. The van der Waals surface area contributed by atoms with Gasteiger partial charge in [-0.25, -0.2) is 0 Å². The smallest absolute Gasteiger partial charge is 0.234 e. The van der Waals surface area contributed by atoms with Gasteiger partial charge in [0.25, 0.3) is 0 Å². The lowest BCUT2D eigenvalue weighted by Crippen LogP contribution is -2.52. The summed E-state index contributed by atoms with van der Waals surface area (Å²) in [7, 11) is 4.10. The normalized spacial score (nSPS) is 27.3. The van der Waals surface area contributed by atoms with Crippen LogP contribution in [0.15, 0.2) is 0 Å². The minimum Gasteiger partial charge on any atom is -0.396 e. The number of carbonyl (C=O) groups excluding carboxylic acids is 1. The second-order valence-electron chi connectivity index (χ2n) is 8.02. The first kappa shape index (κ1) is 18.7. The molecular formula is C18H35N3O2. The van der Waals surface area contributed by atoms with Crippen LogP contribution in [0.5, 0.6) is 0 Å². The molecule has 1 amide bonds. The third-order valence-electron chi connectivity index (χ3n) is 5.41. The summed E-state index contributed by atoms with van der Waals surface area (Å²) in [5, 5.41) is 13.0. The van der Waals surface area contributed by atoms with Crippen molar-refractivity contribution in [1.82, 2.24) is 15.1 Å². The Balaban J connectivity index is 1.76. The SMILES string of the molecule is CN(C)CC1(CO)CCCN(CC(=O)NCC2CCCCC2)C1. The van der Waals surface area contributed by atoms with E-state index in [1.165, 1.54) is 32.1 Å². The van der Waals surface area contributed by atoms with Gasteiger partial charge in [-0.3, -0.25) is 9.69 Å². The van der Waals surface area contributed by atoms with Crippen molar-refractivity contribution in [1.29, 1.82) is 0 Å². The third-order valence-corrected chi connectivity index (χ3v) is 5.41. The molecule has 0 aromatic rings. The lowest BCUT2D eigenvalue weighted by molar-refractivity contribution is -0.123. The van der Waals surface area contributed by atoms with Gasteiger partial charge in [0.2, 0.25) is 5.91 Å². The van der Waals surface area contributed by atoms with Gasteiger partial charge in [0.1, 0.15) is 0 Å². The van der Waals surface area contributed by atoms with Crippen LogP contribution in [0, 0.1) is 11.3 Å². The highest BCUT2D eigenvalue weighted by molar-refractivity contribution is 5.78. The molecule has 0 aromatic carbocycles. The zero-order chi connectivity index (χ0) is 16.7. The van der Waals surface area contributed by atoms with Gasteiger partial charge in [0.05, 0.1) is 13.2 Å². The topological polar surface area (TPSA) is 55.8 Å². The Labute approximate surface area is 141 Å². The molecule has 2 aliphatic rings. The van der Waals surface area contributed by atoms with Gasteiger partial charge in [-0.2, -0.15) is 0 Å². The number of amides is 1. The van der Waals surface area contributed by atoms with Crippen LogP contribution in [-0.2, 0) is 4.79 Å². The van der Waals surface area contributed by atoms with E-state index in [9.17, 15) is 9.90 Å². The number of likely N-dealkylation sites (tertiary alicyclic amines) is 1. The van der Waals surface area contributed by atoms with Crippen molar-refractivity contribution in [3.05, 3.63) is 0 Å². The molecule has 1 saturated heterocycles. The van der Waals surface area contributed by atoms with E-state index in [4.69, 9.17) is 0 Å². The molecule has 1 aliphatic heterocycles. The number of aliphatic hydroxyl groups excluding tert-OH is 1. The Bertz CT molecular complexity index is 369. The number of carbonyl (C=O) groups is 1. The quantitative estimate of drug-likeness (QED) is 0.741. The first-order valence-corrected chi connectivity index (χ1v) is 9.28. The van der Waals surface area contributed by atoms with Crippen LogP contribution in [0.2, 0.25) is 0 Å². The first-order valence-electron chi connectivity index (χ1n) is 9.28. The molecule has 0 spiro atoms. The average Bonchev–Trinajstić information content (AvgIpc) is 2.53. The van der Waals surface area contributed by atoms with Crippen molar-refractivity contribution in [2.75, 3.05) is 53.4 Å². The van der Waals surface area contributed by atoms with Crippen LogP contribution in [0.3, 0.4) is 0 Å². The summed E-state index contributed by atoms with van der Waals surface area (Å²) in [5.41, 5.74) is -0.0780. The van der Waals surface area contributed by atoms with Gasteiger partial charge in [0.15, 0.2) is 0 Å². The molecule has 0 radical (unpaired) electrons. The fourth-order valence-corrected chi connectivity index (χ4v) is 4.33. The van der Waals surface area contributed by atoms with Crippen LogP contribution in [0.4, 0.5) is 0 Å². The van der Waals surface area contributed by atoms with E-state index in [-0.39, 0.29) is 17.9 Å². The highest BCUT2D eigenvalue weighted by Gasteiger charge is 2.35. The molecule has 0 bridgehead atoms. The van der Waals surface area contributed by atoms with Crippen LogP contribution >= 0.6 is 0 Å². The van der Waals surface area contributed by atoms with Crippen molar-refractivity contribution in [2.24, 2.45) is 11.3 Å². The second-order valence-corrected chi connectivity index (χ2v) is 8.02. The molecule has 2 N–H and O–H groups in total. The number of piperidine rings is 1. The molecule has 23 heavy (non-hydrogen) atoms. The molecule has 134 valence electrons. The monoisotopic (exact) mass is 325 g/mol. The Hall–Kier alpha value is -0.650. The van der Waals surface area contributed by atoms with Gasteiger partial charge in [-0.1, -0.05) is 19.3 Å². The standard InChI is InChI=1S/C18H35N3O2/c1-20(2)13-18(15-22)9-6-10-21(14-18)12-17(23)19-11-16-7-4-3-5-8-16/h16,22H,3-15H2,1-2H3,(H,19,23). The zero-order valence-corrected chi connectivity index (χ0v) is 15.0. The second kappa shape index (κ2) is 9.00. The number of hydrogen-bond acceptors (Lipinski definition) is 4. The number of hydrogen-bond donors (Lipinski definition) is 2. The van der Waals surface area contributed by atoms with Crippen molar-refractivity contribution in [2.45, 2.75) is 44.9 Å². The summed E-state index contributed by atoms with van der Waals surface area (Å²) in [5.74, 6) is 0.827. The van der Waals surface area contributed by atoms with Crippen molar-refractivity contribution >= 4 is 5.91 Å². The molecule has 5 nitrogen and oxygen atoms in total. The van der Waals surface area contributed by atoms with E-state index in [1.807, 2.05) is 14.1 Å². The van der Waals surface area contributed by atoms with Gasteiger partial charge >= 0.3 is 0 Å². The summed E-state index contributed by atoms with van der Waals surface area (Å²) in [6, 6.07) is 0. The molecule has 2 fully saturated rings. The zero-order valence-electron chi connectivity index (χ0n) is 15.0. The fraction of sp³-hybridized carbons (Fsp3) is 0.944. The van der Waals surface area contributed by atoms with Gasteiger partial charge < -0.3 is 15.3 Å². The fourth-order valence-electron chi connectivity index (χ4n) is 4.33. The Morgan fingerprint density at radius 2 is 2.00 bits per heavy atom. The maximum Gasteiger partial charge on any atom is 0.234 e. The predicted molar refractivity (Wildman–Crippen MR) is 93.3 cm³/mol. The Morgan fingerprint density at radius 3 is 2.65 bits per heavy atom. The summed E-state index contributed by atoms with van der Waals surface area (Å²) in [6.07, 6.45) is 8.62. The summed E-state index contributed by atoms with van der Waals surface area (Å²) < 4.78 is 0. The molecule has 0 aromatic heterocycles. The van der Waals surface area contributed by atoms with Crippen LogP contribution in [0.1, 0.15) is 44.9 Å². The number of nitrogens with zero attached hydrogens (tertiary/aromatic N) is 2. The number of nitrogens with one attached hydrogen (secondary N) is 1. The van der Waals surface area contributed by atoms with E-state index in [1.54, 1.807) is 0 Å². The van der Waals surface area contributed by atoms with Crippen molar-refractivity contribution in [3.63, 3.8) is 0 Å². The predicted octanol–water partition coefficient (Wildman–Crippen LogP) is 1.32. The Morgan fingerprint density at radius 1 is 1.26 bits per heavy atom. The third kappa shape index (κ3) is 6.05. The maximum atomic E-state index is 12.2. The minimum atomic E-state index is -0.0780. The van der Waals surface area contributed by atoms with E-state index in [0.29, 0.717) is 12.5 Å². The molecule has 2 rings (SSSR count). The van der Waals surface area contributed by atoms with Gasteiger partial charge in [-0.05, 0) is 52.2 Å². The molecule has 5 heteroatoms. The molecular weight excluding hydrogens is 290 g/mol. The summed E-state index contributed by atoms with van der Waals surface area (Å²) in [4.78, 5) is 16.6. The van der Waals surface area contributed by atoms with Crippen molar-refractivity contribution < 1.29 is 9.90 Å².